The molecule has 0 aliphatic carbocycles. The maximum atomic E-state index is 11.9. The molecule has 0 saturated carbocycles. The summed E-state index contributed by atoms with van der Waals surface area (Å²) in [6.45, 7) is 11.1. The number of ether oxygens (including phenoxy) is 1. The van der Waals surface area contributed by atoms with Crippen molar-refractivity contribution in [3.8, 4) is 0 Å². The topological polar surface area (TPSA) is 111 Å². The highest BCUT2D eigenvalue weighted by Crippen LogP contribution is 2.16. The van der Waals surface area contributed by atoms with Crippen LogP contribution in [0.1, 0.15) is 48.0 Å². The van der Waals surface area contributed by atoms with Crippen LogP contribution in [0.4, 0.5) is 0 Å². The number of carbonyl (C=O) groups excluding carboxylic acids is 3. The molecule has 0 rings (SSSR count). The zero-order valence-electron chi connectivity index (χ0n) is 15.1. The summed E-state index contributed by atoms with van der Waals surface area (Å²) < 4.78 is 5.65. The number of nitrogens with one attached hydrogen (secondary N) is 2. The molecule has 0 fully saturated rings. The first-order valence-electron chi connectivity index (χ1n) is 7.80. The van der Waals surface area contributed by atoms with Crippen molar-refractivity contribution in [3.63, 3.8) is 0 Å². The summed E-state index contributed by atoms with van der Waals surface area (Å²) in [5.41, 5.74) is 4.69. The Kier molecular flexibility index (Phi) is 8.41. The van der Waals surface area contributed by atoms with Gasteiger partial charge in [0.1, 0.15) is 6.29 Å². The molecule has 0 spiro atoms. The van der Waals surface area contributed by atoms with Gasteiger partial charge >= 0.3 is 0 Å². The number of amides is 2. The number of aldehydes is 1. The molecule has 23 heavy (non-hydrogen) atoms. The third-order valence-corrected chi connectivity index (χ3v) is 3.06. The maximum Gasteiger partial charge on any atom is 0.239 e. The molecule has 134 valence electrons. The molecular formula is C16H31N3O4. The lowest BCUT2D eigenvalue weighted by atomic mass is 10.0. The summed E-state index contributed by atoms with van der Waals surface area (Å²) in [5, 5.41) is 5.09. The third kappa shape index (κ3) is 10.8. The molecule has 0 heterocycles. The average molecular weight is 329 g/mol. The van der Waals surface area contributed by atoms with Crippen molar-refractivity contribution < 1.29 is 19.1 Å². The second-order valence-electron chi connectivity index (χ2n) is 7.46. The van der Waals surface area contributed by atoms with E-state index in [2.05, 4.69) is 10.6 Å². The lowest BCUT2D eigenvalue weighted by molar-refractivity contribution is -0.131. The smallest absolute Gasteiger partial charge is 0.239 e. The van der Waals surface area contributed by atoms with Crippen LogP contribution in [-0.2, 0) is 19.1 Å². The van der Waals surface area contributed by atoms with Crippen molar-refractivity contribution in [1.29, 1.82) is 0 Å². The van der Waals surface area contributed by atoms with Gasteiger partial charge in [0, 0.05) is 5.54 Å². The van der Waals surface area contributed by atoms with Gasteiger partial charge in [-0.25, -0.2) is 0 Å². The first-order valence-corrected chi connectivity index (χ1v) is 7.80. The van der Waals surface area contributed by atoms with Crippen molar-refractivity contribution >= 4 is 18.1 Å². The Morgan fingerprint density at radius 3 is 2.17 bits per heavy atom. The predicted octanol–water partition coefficient (Wildman–Crippen LogP) is 0.365. The number of carbonyl (C=O) groups is 3. The molecule has 0 aliphatic rings. The van der Waals surface area contributed by atoms with Crippen molar-refractivity contribution in [2.45, 2.75) is 65.1 Å². The molecular weight excluding hydrogens is 298 g/mol. The summed E-state index contributed by atoms with van der Waals surface area (Å²) >= 11 is 0. The Balaban J connectivity index is 4.24. The van der Waals surface area contributed by atoms with Crippen molar-refractivity contribution in [2.75, 3.05) is 13.2 Å². The Hall–Kier alpha value is -1.47. The van der Waals surface area contributed by atoms with Gasteiger partial charge in [0.2, 0.25) is 11.8 Å². The van der Waals surface area contributed by atoms with E-state index in [1.54, 1.807) is 13.8 Å². The average Bonchev–Trinajstić information content (AvgIpc) is 2.39. The monoisotopic (exact) mass is 329 g/mol. The number of hydrogen-bond donors (Lipinski definition) is 3. The third-order valence-electron chi connectivity index (χ3n) is 3.06. The molecule has 7 nitrogen and oxygen atoms in total. The first-order chi connectivity index (χ1) is 10.4. The van der Waals surface area contributed by atoms with E-state index in [1.807, 2.05) is 27.7 Å². The second kappa shape index (κ2) is 8.98. The van der Waals surface area contributed by atoms with Crippen LogP contribution >= 0.6 is 0 Å². The first kappa shape index (κ1) is 21.5. The van der Waals surface area contributed by atoms with Crippen molar-refractivity contribution in [1.82, 2.24) is 10.6 Å². The van der Waals surface area contributed by atoms with E-state index in [0.717, 1.165) is 0 Å². The normalized spacial score (nSPS) is 13.6. The summed E-state index contributed by atoms with van der Waals surface area (Å²) in [5.74, 6) is -0.697. The van der Waals surface area contributed by atoms with E-state index in [4.69, 9.17) is 10.5 Å². The minimum atomic E-state index is -0.680. The van der Waals surface area contributed by atoms with Crippen LogP contribution in [0.25, 0.3) is 0 Å². The van der Waals surface area contributed by atoms with Gasteiger partial charge in [0.05, 0.1) is 31.2 Å². The largest absolute Gasteiger partial charge is 0.373 e. The number of nitrogens with two attached hydrogens (primary N) is 1. The summed E-state index contributed by atoms with van der Waals surface area (Å²) in [7, 11) is 0. The highest BCUT2D eigenvalue weighted by molar-refractivity contribution is 5.86. The van der Waals surface area contributed by atoms with E-state index < -0.39 is 23.1 Å². The van der Waals surface area contributed by atoms with E-state index >= 15 is 0 Å². The standard InChI is InChI=1S/C16H31N3O4/c1-11(2)12(9-20)19-14(22)8-18-13(21)7-16(5,6)23-10-15(3,4)17/h9,11-12H,7-8,10,17H2,1-6H3,(H,18,21)(H,19,22). The molecule has 0 aromatic heterocycles. The Morgan fingerprint density at radius 1 is 1.17 bits per heavy atom. The highest BCUT2D eigenvalue weighted by atomic mass is 16.5. The highest BCUT2D eigenvalue weighted by Gasteiger charge is 2.25. The predicted molar refractivity (Wildman–Crippen MR) is 88.8 cm³/mol. The quantitative estimate of drug-likeness (QED) is 0.501. The molecule has 2 amide bonds. The van der Waals surface area contributed by atoms with Crippen LogP contribution in [0.15, 0.2) is 0 Å². The summed E-state index contributed by atoms with van der Waals surface area (Å²) in [4.78, 5) is 34.4. The molecule has 0 aliphatic heterocycles. The maximum absolute atomic E-state index is 11.9. The zero-order chi connectivity index (χ0) is 18.3. The van der Waals surface area contributed by atoms with E-state index in [9.17, 15) is 14.4 Å². The fourth-order valence-corrected chi connectivity index (χ4v) is 1.66. The Morgan fingerprint density at radius 2 is 1.74 bits per heavy atom. The SMILES string of the molecule is CC(C)C(C=O)NC(=O)CNC(=O)CC(C)(C)OCC(C)(C)N. The fourth-order valence-electron chi connectivity index (χ4n) is 1.66. The molecule has 0 saturated heterocycles. The van der Waals surface area contributed by atoms with Crippen molar-refractivity contribution in [2.24, 2.45) is 11.7 Å². The molecule has 0 aromatic carbocycles. The van der Waals surface area contributed by atoms with Crippen molar-refractivity contribution in [3.05, 3.63) is 0 Å². The summed E-state index contributed by atoms with van der Waals surface area (Å²) in [6, 6.07) is -0.550. The van der Waals surface area contributed by atoms with Crippen LogP contribution in [0.5, 0.6) is 0 Å². The molecule has 0 aromatic rings. The minimum absolute atomic E-state index is 0.000832. The fraction of sp³-hybridized carbons (Fsp3) is 0.812. The van der Waals surface area contributed by atoms with Crippen LogP contribution in [0.2, 0.25) is 0 Å². The number of rotatable bonds is 10. The summed E-state index contributed by atoms with van der Waals surface area (Å²) in [6.07, 6.45) is 0.799. The molecule has 1 atom stereocenters. The van der Waals surface area contributed by atoms with Gasteiger partial charge in [-0.3, -0.25) is 9.59 Å². The number of hydrogen-bond acceptors (Lipinski definition) is 5. The van der Waals surface area contributed by atoms with Gasteiger partial charge in [-0.1, -0.05) is 13.8 Å². The second-order valence-corrected chi connectivity index (χ2v) is 7.46. The van der Waals surface area contributed by atoms with E-state index in [0.29, 0.717) is 12.9 Å². The van der Waals surface area contributed by atoms with Crippen LogP contribution in [-0.4, -0.2) is 48.4 Å². The van der Waals surface area contributed by atoms with Gasteiger partial charge in [-0.05, 0) is 33.6 Å². The Bertz CT molecular complexity index is 414. The lowest BCUT2D eigenvalue weighted by Crippen LogP contribution is -2.46. The molecule has 7 heteroatoms. The van der Waals surface area contributed by atoms with Crippen LogP contribution < -0.4 is 16.4 Å². The molecule has 0 radical (unpaired) electrons. The van der Waals surface area contributed by atoms with Gasteiger partial charge in [0.15, 0.2) is 0 Å². The van der Waals surface area contributed by atoms with Gasteiger partial charge in [-0.15, -0.1) is 0 Å². The molecule has 4 N–H and O–H groups in total. The zero-order valence-corrected chi connectivity index (χ0v) is 15.1. The van der Waals surface area contributed by atoms with Gasteiger partial charge in [0.25, 0.3) is 0 Å². The lowest BCUT2D eigenvalue weighted by Gasteiger charge is -2.29. The van der Waals surface area contributed by atoms with E-state index in [-0.39, 0.29) is 24.8 Å². The minimum Gasteiger partial charge on any atom is -0.373 e. The van der Waals surface area contributed by atoms with Gasteiger partial charge in [-0.2, -0.15) is 0 Å². The van der Waals surface area contributed by atoms with Gasteiger partial charge < -0.3 is 25.9 Å². The van der Waals surface area contributed by atoms with Crippen LogP contribution in [0.3, 0.4) is 0 Å². The van der Waals surface area contributed by atoms with Crippen LogP contribution in [0, 0.1) is 5.92 Å². The molecule has 1 unspecified atom stereocenters. The Labute approximate surface area is 138 Å². The van der Waals surface area contributed by atoms with E-state index in [1.165, 1.54) is 0 Å². The molecule has 0 bridgehead atoms.